The molecule has 0 radical (unpaired) electrons. The first-order chi connectivity index (χ1) is 10.2. The van der Waals surface area contributed by atoms with E-state index in [0.717, 1.165) is 11.1 Å². The minimum Gasteiger partial charge on any atom is -0.496 e. The SMILES string of the molecule is COc1ccccc1CC(O)C(=O)OCc1ccccc1. The van der Waals surface area contributed by atoms with Crippen molar-refractivity contribution in [3.8, 4) is 5.75 Å². The molecule has 0 bridgehead atoms. The molecule has 0 heterocycles. The van der Waals surface area contributed by atoms with Crippen molar-refractivity contribution in [1.29, 1.82) is 0 Å². The standard InChI is InChI=1S/C17H18O4/c1-20-16-10-6-5-9-14(16)11-15(18)17(19)21-12-13-7-3-2-4-8-13/h2-10,15,18H,11-12H2,1H3. The Morgan fingerprint density at radius 1 is 1.10 bits per heavy atom. The summed E-state index contributed by atoms with van der Waals surface area (Å²) >= 11 is 0. The second-order valence-electron chi connectivity index (χ2n) is 4.63. The lowest BCUT2D eigenvalue weighted by Gasteiger charge is -2.13. The molecule has 2 rings (SSSR count). The van der Waals surface area contributed by atoms with Crippen molar-refractivity contribution in [2.45, 2.75) is 19.1 Å². The molecular weight excluding hydrogens is 268 g/mol. The van der Waals surface area contributed by atoms with E-state index in [1.807, 2.05) is 48.5 Å². The van der Waals surface area contributed by atoms with E-state index in [-0.39, 0.29) is 13.0 Å². The third-order valence-corrected chi connectivity index (χ3v) is 3.10. The third-order valence-electron chi connectivity index (χ3n) is 3.10. The Kier molecular flexibility index (Phi) is 5.35. The molecular formula is C17H18O4. The fourth-order valence-corrected chi connectivity index (χ4v) is 1.99. The van der Waals surface area contributed by atoms with Gasteiger partial charge in [0.15, 0.2) is 6.10 Å². The van der Waals surface area contributed by atoms with Crippen LogP contribution in [0.4, 0.5) is 0 Å². The number of hydrogen-bond donors (Lipinski definition) is 1. The molecule has 110 valence electrons. The van der Waals surface area contributed by atoms with Gasteiger partial charge in [0.1, 0.15) is 12.4 Å². The van der Waals surface area contributed by atoms with Gasteiger partial charge in [0.2, 0.25) is 0 Å². The highest BCUT2D eigenvalue weighted by molar-refractivity contribution is 5.75. The van der Waals surface area contributed by atoms with E-state index < -0.39 is 12.1 Å². The Morgan fingerprint density at radius 2 is 1.76 bits per heavy atom. The smallest absolute Gasteiger partial charge is 0.335 e. The molecule has 0 spiro atoms. The van der Waals surface area contributed by atoms with E-state index in [0.29, 0.717) is 5.75 Å². The maximum atomic E-state index is 11.8. The number of aliphatic hydroxyl groups excluding tert-OH is 1. The van der Waals surface area contributed by atoms with E-state index in [2.05, 4.69) is 0 Å². The topological polar surface area (TPSA) is 55.8 Å². The van der Waals surface area contributed by atoms with Crippen molar-refractivity contribution in [1.82, 2.24) is 0 Å². The van der Waals surface area contributed by atoms with E-state index in [1.165, 1.54) is 0 Å². The molecule has 0 saturated heterocycles. The van der Waals surface area contributed by atoms with Gasteiger partial charge < -0.3 is 14.6 Å². The zero-order valence-corrected chi connectivity index (χ0v) is 11.9. The number of ether oxygens (including phenoxy) is 2. The van der Waals surface area contributed by atoms with Crippen LogP contribution in [0.1, 0.15) is 11.1 Å². The maximum Gasteiger partial charge on any atom is 0.335 e. The van der Waals surface area contributed by atoms with E-state index >= 15 is 0 Å². The van der Waals surface area contributed by atoms with Crippen LogP contribution in [-0.2, 0) is 22.6 Å². The van der Waals surface area contributed by atoms with Crippen molar-refractivity contribution < 1.29 is 19.4 Å². The lowest BCUT2D eigenvalue weighted by molar-refractivity contribution is -0.154. The van der Waals surface area contributed by atoms with Gasteiger partial charge in [0.05, 0.1) is 7.11 Å². The van der Waals surface area contributed by atoms with Crippen LogP contribution in [0.5, 0.6) is 5.75 Å². The quantitative estimate of drug-likeness (QED) is 0.828. The summed E-state index contributed by atoms with van der Waals surface area (Å²) in [7, 11) is 1.55. The van der Waals surface area contributed by atoms with Gasteiger partial charge in [-0.1, -0.05) is 48.5 Å². The van der Waals surface area contributed by atoms with Crippen LogP contribution in [0.15, 0.2) is 54.6 Å². The monoisotopic (exact) mass is 286 g/mol. The number of benzene rings is 2. The van der Waals surface area contributed by atoms with Gasteiger partial charge in [0.25, 0.3) is 0 Å². The summed E-state index contributed by atoms with van der Waals surface area (Å²) in [5, 5.41) is 9.94. The highest BCUT2D eigenvalue weighted by atomic mass is 16.5. The third kappa shape index (κ3) is 4.33. The molecule has 0 aliphatic carbocycles. The van der Waals surface area contributed by atoms with Crippen LogP contribution in [0.2, 0.25) is 0 Å². The first-order valence-corrected chi connectivity index (χ1v) is 6.71. The molecule has 1 N–H and O–H groups in total. The van der Waals surface area contributed by atoms with Gasteiger partial charge in [-0.15, -0.1) is 0 Å². The van der Waals surface area contributed by atoms with Crippen molar-refractivity contribution >= 4 is 5.97 Å². The van der Waals surface area contributed by atoms with Crippen LogP contribution < -0.4 is 4.74 Å². The summed E-state index contributed by atoms with van der Waals surface area (Å²) in [4.78, 5) is 11.8. The van der Waals surface area contributed by atoms with Crippen LogP contribution in [-0.4, -0.2) is 24.3 Å². The maximum absolute atomic E-state index is 11.8. The average molecular weight is 286 g/mol. The molecule has 2 aromatic carbocycles. The predicted molar refractivity (Wildman–Crippen MR) is 78.9 cm³/mol. The fraction of sp³-hybridized carbons (Fsp3) is 0.235. The second-order valence-corrected chi connectivity index (χ2v) is 4.63. The molecule has 4 nitrogen and oxygen atoms in total. The summed E-state index contributed by atoms with van der Waals surface area (Å²) in [6.45, 7) is 0.155. The molecule has 21 heavy (non-hydrogen) atoms. The zero-order chi connectivity index (χ0) is 15.1. The van der Waals surface area contributed by atoms with Crippen LogP contribution >= 0.6 is 0 Å². The molecule has 2 aromatic rings. The largest absolute Gasteiger partial charge is 0.496 e. The van der Waals surface area contributed by atoms with Gasteiger partial charge in [0, 0.05) is 6.42 Å². The molecule has 1 unspecified atom stereocenters. The highest BCUT2D eigenvalue weighted by Gasteiger charge is 2.19. The first-order valence-electron chi connectivity index (χ1n) is 6.71. The Labute approximate surface area is 123 Å². The minimum atomic E-state index is -1.20. The second kappa shape index (κ2) is 7.45. The lowest BCUT2D eigenvalue weighted by Crippen LogP contribution is -2.25. The van der Waals surface area contributed by atoms with Gasteiger partial charge >= 0.3 is 5.97 Å². The number of esters is 1. The highest BCUT2D eigenvalue weighted by Crippen LogP contribution is 2.19. The molecule has 0 aliphatic rings. The molecule has 0 aliphatic heterocycles. The van der Waals surface area contributed by atoms with E-state index in [9.17, 15) is 9.90 Å². The van der Waals surface area contributed by atoms with E-state index in [4.69, 9.17) is 9.47 Å². The lowest BCUT2D eigenvalue weighted by atomic mass is 10.1. The Morgan fingerprint density at radius 3 is 2.48 bits per heavy atom. The summed E-state index contributed by atoms with van der Waals surface area (Å²) in [5.74, 6) is 0.0113. The summed E-state index contributed by atoms with van der Waals surface area (Å²) in [6, 6.07) is 16.6. The number of hydrogen-bond acceptors (Lipinski definition) is 4. The zero-order valence-electron chi connectivity index (χ0n) is 11.9. The molecule has 0 saturated carbocycles. The summed E-state index contributed by atoms with van der Waals surface area (Å²) in [6.07, 6.45) is -1.04. The predicted octanol–water partition coefficient (Wildman–Crippen LogP) is 2.34. The normalized spacial score (nSPS) is 11.7. The molecule has 0 aromatic heterocycles. The molecule has 4 heteroatoms. The van der Waals surface area contributed by atoms with Crippen molar-refractivity contribution in [2.75, 3.05) is 7.11 Å². The van der Waals surface area contributed by atoms with Crippen molar-refractivity contribution in [2.24, 2.45) is 0 Å². The Hall–Kier alpha value is -2.33. The minimum absolute atomic E-state index is 0.155. The Bertz CT molecular complexity index is 580. The fourth-order valence-electron chi connectivity index (χ4n) is 1.99. The summed E-state index contributed by atoms with van der Waals surface area (Å²) in [5.41, 5.74) is 1.65. The molecule has 0 fully saturated rings. The number of aliphatic hydroxyl groups is 1. The van der Waals surface area contributed by atoms with Crippen LogP contribution in [0.3, 0.4) is 0 Å². The molecule has 1 atom stereocenters. The number of rotatable bonds is 6. The number of carbonyl (C=O) groups excluding carboxylic acids is 1. The van der Waals surface area contributed by atoms with Crippen molar-refractivity contribution in [3.63, 3.8) is 0 Å². The van der Waals surface area contributed by atoms with Gasteiger partial charge in [-0.05, 0) is 17.2 Å². The number of methoxy groups -OCH3 is 1. The molecule has 0 amide bonds. The van der Waals surface area contributed by atoms with E-state index in [1.54, 1.807) is 13.2 Å². The number of carbonyl (C=O) groups is 1. The van der Waals surface area contributed by atoms with Gasteiger partial charge in [-0.3, -0.25) is 0 Å². The summed E-state index contributed by atoms with van der Waals surface area (Å²) < 4.78 is 10.3. The Balaban J connectivity index is 1.90. The van der Waals surface area contributed by atoms with Crippen LogP contribution in [0.25, 0.3) is 0 Å². The van der Waals surface area contributed by atoms with Crippen LogP contribution in [0, 0.1) is 0 Å². The first kappa shape index (κ1) is 15.1. The van der Waals surface area contributed by atoms with Crippen molar-refractivity contribution in [3.05, 3.63) is 65.7 Å². The van der Waals surface area contributed by atoms with Gasteiger partial charge in [-0.25, -0.2) is 4.79 Å². The van der Waals surface area contributed by atoms with Gasteiger partial charge in [-0.2, -0.15) is 0 Å². The number of para-hydroxylation sites is 1. The average Bonchev–Trinajstić information content (AvgIpc) is 2.54.